The van der Waals surface area contributed by atoms with Crippen molar-refractivity contribution in [1.82, 2.24) is 0 Å². The van der Waals surface area contributed by atoms with E-state index >= 15 is 0 Å². The Kier molecular flexibility index (Phi) is 5.36. The van der Waals surface area contributed by atoms with Gasteiger partial charge in [-0.2, -0.15) is 0 Å². The maximum Gasteiger partial charge on any atom is 0.374 e. The Hall–Kier alpha value is -3.33. The van der Waals surface area contributed by atoms with Gasteiger partial charge in [-0.05, 0) is 13.0 Å². The Bertz CT molecular complexity index is 1080. The molecule has 0 atom stereocenters. The van der Waals surface area contributed by atoms with Gasteiger partial charge in [0.2, 0.25) is 5.76 Å². The van der Waals surface area contributed by atoms with E-state index in [4.69, 9.17) is 24.4 Å². The molecule has 0 spiro atoms. The van der Waals surface area contributed by atoms with E-state index in [0.717, 1.165) is 16.7 Å². The van der Waals surface area contributed by atoms with E-state index in [1.54, 1.807) is 19.1 Å². The molecular formula is C19H17NO7S. The number of nitrogen functional groups attached to an aromatic ring is 1. The zero-order valence-electron chi connectivity index (χ0n) is 15.4. The van der Waals surface area contributed by atoms with Crippen molar-refractivity contribution >= 4 is 45.2 Å². The van der Waals surface area contributed by atoms with Crippen molar-refractivity contribution in [1.29, 1.82) is 0 Å². The van der Waals surface area contributed by atoms with E-state index < -0.39 is 17.9 Å². The van der Waals surface area contributed by atoms with Gasteiger partial charge >= 0.3 is 17.9 Å². The van der Waals surface area contributed by atoms with Crippen molar-refractivity contribution in [2.24, 2.45) is 0 Å². The summed E-state index contributed by atoms with van der Waals surface area (Å²) in [6.07, 6.45) is 0. The van der Waals surface area contributed by atoms with E-state index in [0.29, 0.717) is 11.1 Å². The molecule has 0 amide bonds. The topological polar surface area (TPSA) is 118 Å². The van der Waals surface area contributed by atoms with Crippen molar-refractivity contribution in [3.05, 3.63) is 51.6 Å². The number of benzene rings is 1. The molecule has 0 fully saturated rings. The number of nitrogens with two attached hydrogens (primary N) is 1. The number of hydrogen-bond acceptors (Lipinski definition) is 9. The number of furan rings is 1. The quantitative estimate of drug-likeness (QED) is 0.509. The lowest BCUT2D eigenvalue weighted by atomic mass is 10.1. The number of rotatable bonds is 5. The van der Waals surface area contributed by atoms with Crippen LogP contribution in [0, 0.1) is 6.92 Å². The average Bonchev–Trinajstić information content (AvgIpc) is 3.22. The summed E-state index contributed by atoms with van der Waals surface area (Å²) in [6, 6.07) is 7.19. The number of para-hydroxylation sites is 1. The summed E-state index contributed by atoms with van der Waals surface area (Å²) in [4.78, 5) is 36.7. The minimum Gasteiger partial charge on any atom is -0.465 e. The van der Waals surface area contributed by atoms with Crippen LogP contribution in [0.1, 0.15) is 41.7 Å². The molecule has 0 saturated heterocycles. The molecule has 0 bridgehead atoms. The Morgan fingerprint density at radius 1 is 1.07 bits per heavy atom. The number of aryl methyl sites for hydroxylation is 1. The molecule has 0 aliphatic carbocycles. The third kappa shape index (κ3) is 3.31. The van der Waals surface area contributed by atoms with Crippen LogP contribution >= 0.6 is 11.3 Å². The Balaban J connectivity index is 1.92. The minimum atomic E-state index is -0.741. The van der Waals surface area contributed by atoms with E-state index in [1.165, 1.54) is 14.2 Å². The summed E-state index contributed by atoms with van der Waals surface area (Å²) < 4.78 is 20.3. The predicted molar refractivity (Wildman–Crippen MR) is 101 cm³/mol. The number of hydrogen-bond donors (Lipinski definition) is 1. The first-order valence-corrected chi connectivity index (χ1v) is 8.93. The molecule has 0 unspecified atom stereocenters. The SMILES string of the molecule is COC(=O)c1sc(N)c(C(=O)OC)c1COC(=O)c1oc2ccccc2c1C. The zero-order valence-corrected chi connectivity index (χ0v) is 16.2. The first kappa shape index (κ1) is 19.4. The van der Waals surface area contributed by atoms with Crippen molar-refractivity contribution in [3.8, 4) is 0 Å². The maximum absolute atomic E-state index is 12.5. The Labute approximate surface area is 163 Å². The monoisotopic (exact) mass is 403 g/mol. The van der Waals surface area contributed by atoms with Gasteiger partial charge < -0.3 is 24.4 Å². The predicted octanol–water partition coefficient (Wildman–Crippen LogP) is 3.32. The van der Waals surface area contributed by atoms with Gasteiger partial charge in [0, 0.05) is 16.5 Å². The second-order valence-electron chi connectivity index (χ2n) is 5.76. The minimum absolute atomic E-state index is 0.0259. The average molecular weight is 403 g/mol. The summed E-state index contributed by atoms with van der Waals surface area (Å²) >= 11 is 0.859. The molecule has 2 N–H and O–H groups in total. The molecule has 9 heteroatoms. The van der Waals surface area contributed by atoms with Crippen molar-refractivity contribution in [3.63, 3.8) is 0 Å². The number of thiophene rings is 1. The second-order valence-corrected chi connectivity index (χ2v) is 6.81. The number of anilines is 1. The zero-order chi connectivity index (χ0) is 20.4. The summed E-state index contributed by atoms with van der Waals surface area (Å²) in [5.74, 6) is -2.12. The van der Waals surface area contributed by atoms with Crippen molar-refractivity contribution in [2.75, 3.05) is 20.0 Å². The smallest absolute Gasteiger partial charge is 0.374 e. The molecule has 2 aromatic heterocycles. The molecule has 3 rings (SSSR count). The van der Waals surface area contributed by atoms with Gasteiger partial charge in [-0.25, -0.2) is 14.4 Å². The summed E-state index contributed by atoms with van der Waals surface area (Å²) in [7, 11) is 2.38. The van der Waals surface area contributed by atoms with Gasteiger partial charge in [0.05, 0.1) is 14.2 Å². The molecule has 0 aliphatic heterocycles. The van der Waals surface area contributed by atoms with Crippen molar-refractivity contribution < 1.29 is 33.0 Å². The normalized spacial score (nSPS) is 10.7. The lowest BCUT2D eigenvalue weighted by molar-refractivity contribution is 0.0421. The van der Waals surface area contributed by atoms with Crippen LogP contribution in [0.15, 0.2) is 28.7 Å². The number of carbonyl (C=O) groups excluding carboxylic acids is 3. The molecular weight excluding hydrogens is 386 g/mol. The number of carbonyl (C=O) groups is 3. The van der Waals surface area contributed by atoms with E-state index in [2.05, 4.69) is 0 Å². The lowest BCUT2D eigenvalue weighted by Gasteiger charge is -2.07. The molecule has 0 saturated carbocycles. The summed E-state index contributed by atoms with van der Waals surface area (Å²) in [6.45, 7) is 1.36. The summed E-state index contributed by atoms with van der Waals surface area (Å²) in [5, 5.41) is 0.859. The highest BCUT2D eigenvalue weighted by Crippen LogP contribution is 2.33. The molecule has 8 nitrogen and oxygen atoms in total. The van der Waals surface area contributed by atoms with Gasteiger partial charge in [-0.1, -0.05) is 18.2 Å². The Morgan fingerprint density at radius 2 is 1.75 bits per heavy atom. The van der Waals surface area contributed by atoms with E-state index in [1.807, 2.05) is 12.1 Å². The molecule has 1 aromatic carbocycles. The van der Waals surface area contributed by atoms with Crippen LogP contribution in [-0.4, -0.2) is 32.1 Å². The fraction of sp³-hybridized carbons (Fsp3) is 0.211. The van der Waals surface area contributed by atoms with Crippen LogP contribution < -0.4 is 5.73 Å². The molecule has 0 radical (unpaired) electrons. The highest BCUT2D eigenvalue weighted by Gasteiger charge is 2.29. The number of methoxy groups -OCH3 is 2. The fourth-order valence-electron chi connectivity index (χ4n) is 2.78. The number of esters is 3. The van der Waals surface area contributed by atoms with Crippen LogP contribution in [-0.2, 0) is 20.8 Å². The van der Waals surface area contributed by atoms with Gasteiger partial charge in [-0.15, -0.1) is 11.3 Å². The highest BCUT2D eigenvalue weighted by molar-refractivity contribution is 7.18. The lowest BCUT2D eigenvalue weighted by Crippen LogP contribution is -2.13. The van der Waals surface area contributed by atoms with Crippen LogP contribution in [0.4, 0.5) is 5.00 Å². The van der Waals surface area contributed by atoms with E-state index in [9.17, 15) is 14.4 Å². The largest absolute Gasteiger partial charge is 0.465 e. The van der Waals surface area contributed by atoms with Gasteiger partial charge in [0.15, 0.2) is 0 Å². The van der Waals surface area contributed by atoms with Crippen molar-refractivity contribution in [2.45, 2.75) is 13.5 Å². The molecule has 146 valence electrons. The second kappa shape index (κ2) is 7.73. The van der Waals surface area contributed by atoms with Crippen LogP contribution in [0.2, 0.25) is 0 Å². The van der Waals surface area contributed by atoms with Gasteiger partial charge in [-0.3, -0.25) is 0 Å². The molecule has 28 heavy (non-hydrogen) atoms. The third-order valence-electron chi connectivity index (χ3n) is 4.17. The van der Waals surface area contributed by atoms with Gasteiger partial charge in [0.1, 0.15) is 27.6 Å². The van der Waals surface area contributed by atoms with Crippen LogP contribution in [0.3, 0.4) is 0 Å². The van der Waals surface area contributed by atoms with Gasteiger partial charge in [0.25, 0.3) is 0 Å². The standard InChI is InChI=1S/C19H17NO7S/c1-9-10-6-4-5-7-12(10)27-14(9)18(22)26-8-11-13(17(21)24-2)16(20)28-15(11)19(23)25-3/h4-7H,8,20H2,1-3H3. The van der Waals surface area contributed by atoms with Crippen LogP contribution in [0.25, 0.3) is 11.0 Å². The summed E-state index contributed by atoms with van der Waals surface area (Å²) in [5.41, 5.74) is 7.14. The fourth-order valence-corrected chi connectivity index (χ4v) is 3.76. The third-order valence-corrected chi connectivity index (χ3v) is 5.21. The number of fused-ring (bicyclic) bond motifs is 1. The van der Waals surface area contributed by atoms with Crippen LogP contribution in [0.5, 0.6) is 0 Å². The first-order chi connectivity index (χ1) is 13.4. The Morgan fingerprint density at radius 3 is 2.39 bits per heavy atom. The number of ether oxygens (including phenoxy) is 3. The molecule has 0 aliphatic rings. The van der Waals surface area contributed by atoms with E-state index in [-0.39, 0.29) is 33.4 Å². The first-order valence-electron chi connectivity index (χ1n) is 8.12. The maximum atomic E-state index is 12.5. The molecule has 3 aromatic rings. The molecule has 2 heterocycles. The highest BCUT2D eigenvalue weighted by atomic mass is 32.1.